The molecule has 0 bridgehead atoms. The molecule has 4 nitrogen and oxygen atoms in total. The standard InChI is InChI=1S/C16H13NO3/c18-15(11-5-2-1-3-6-11)14-10-12(16(19)20)9-13-7-4-8-17(13)14/h1-10,15,18H,(H,19,20). The first kappa shape index (κ1) is 12.4. The van der Waals surface area contributed by atoms with Crippen LogP contribution in [0.4, 0.5) is 0 Å². The topological polar surface area (TPSA) is 61.9 Å². The first-order valence-electron chi connectivity index (χ1n) is 6.24. The fourth-order valence-corrected chi connectivity index (χ4v) is 2.32. The Morgan fingerprint density at radius 1 is 1.05 bits per heavy atom. The lowest BCUT2D eigenvalue weighted by molar-refractivity contribution is 0.0696. The smallest absolute Gasteiger partial charge is 0.335 e. The molecule has 2 N–H and O–H groups in total. The van der Waals surface area contributed by atoms with E-state index in [9.17, 15) is 9.90 Å². The first-order chi connectivity index (χ1) is 9.66. The average Bonchev–Trinajstić information content (AvgIpc) is 2.94. The van der Waals surface area contributed by atoms with Gasteiger partial charge in [-0.25, -0.2) is 4.79 Å². The van der Waals surface area contributed by atoms with Crippen LogP contribution in [0, 0.1) is 0 Å². The van der Waals surface area contributed by atoms with Crippen LogP contribution in [0.2, 0.25) is 0 Å². The Morgan fingerprint density at radius 2 is 1.80 bits per heavy atom. The van der Waals surface area contributed by atoms with Gasteiger partial charge in [-0.05, 0) is 29.8 Å². The molecular formula is C16H13NO3. The summed E-state index contributed by atoms with van der Waals surface area (Å²) in [6, 6.07) is 15.9. The summed E-state index contributed by atoms with van der Waals surface area (Å²) in [5.41, 5.74) is 2.18. The predicted octanol–water partition coefficient (Wildman–Crippen LogP) is 2.72. The van der Waals surface area contributed by atoms with Crippen molar-refractivity contribution >= 4 is 11.5 Å². The normalized spacial score (nSPS) is 12.4. The molecule has 2 aromatic heterocycles. The van der Waals surface area contributed by atoms with Gasteiger partial charge in [0.1, 0.15) is 6.10 Å². The van der Waals surface area contributed by atoms with Gasteiger partial charge in [-0.2, -0.15) is 0 Å². The Balaban J connectivity index is 2.19. The molecule has 4 heteroatoms. The van der Waals surface area contributed by atoms with Crippen molar-refractivity contribution in [1.29, 1.82) is 0 Å². The summed E-state index contributed by atoms with van der Waals surface area (Å²) < 4.78 is 1.80. The van der Waals surface area contributed by atoms with Crippen LogP contribution in [0.1, 0.15) is 27.7 Å². The van der Waals surface area contributed by atoms with Gasteiger partial charge in [-0.3, -0.25) is 0 Å². The average molecular weight is 267 g/mol. The molecule has 0 amide bonds. The molecule has 0 radical (unpaired) electrons. The van der Waals surface area contributed by atoms with Crippen LogP contribution >= 0.6 is 0 Å². The van der Waals surface area contributed by atoms with E-state index in [-0.39, 0.29) is 5.56 Å². The maximum absolute atomic E-state index is 11.2. The molecule has 2 heterocycles. The number of carboxylic acid groups (broad SMARTS) is 1. The zero-order valence-electron chi connectivity index (χ0n) is 10.6. The minimum Gasteiger partial charge on any atom is -0.478 e. The number of rotatable bonds is 3. The number of aliphatic hydroxyl groups excluding tert-OH is 1. The molecule has 3 rings (SSSR count). The van der Waals surface area contributed by atoms with E-state index in [0.29, 0.717) is 5.69 Å². The molecule has 100 valence electrons. The molecule has 0 aliphatic carbocycles. The second kappa shape index (κ2) is 4.83. The van der Waals surface area contributed by atoms with Crippen molar-refractivity contribution in [3.63, 3.8) is 0 Å². The highest BCUT2D eigenvalue weighted by Gasteiger charge is 2.16. The number of carboxylic acids is 1. The highest BCUT2D eigenvalue weighted by atomic mass is 16.4. The number of hydrogen-bond acceptors (Lipinski definition) is 2. The summed E-state index contributed by atoms with van der Waals surface area (Å²) >= 11 is 0. The van der Waals surface area contributed by atoms with Crippen molar-refractivity contribution in [3.8, 4) is 0 Å². The summed E-state index contributed by atoms with van der Waals surface area (Å²) in [6.07, 6.45) is 0.938. The van der Waals surface area contributed by atoms with Gasteiger partial charge >= 0.3 is 5.97 Å². The van der Waals surface area contributed by atoms with Gasteiger partial charge in [0, 0.05) is 11.7 Å². The van der Waals surface area contributed by atoms with E-state index in [1.165, 1.54) is 6.07 Å². The Labute approximate surface area is 115 Å². The van der Waals surface area contributed by atoms with Gasteiger partial charge in [0.25, 0.3) is 0 Å². The van der Waals surface area contributed by atoms with Gasteiger partial charge in [0.15, 0.2) is 0 Å². The van der Waals surface area contributed by atoms with Crippen molar-refractivity contribution in [2.24, 2.45) is 0 Å². The van der Waals surface area contributed by atoms with Gasteiger partial charge in [-0.1, -0.05) is 30.3 Å². The molecule has 20 heavy (non-hydrogen) atoms. The third-order valence-corrected chi connectivity index (χ3v) is 3.31. The van der Waals surface area contributed by atoms with Gasteiger partial charge in [-0.15, -0.1) is 0 Å². The Morgan fingerprint density at radius 3 is 2.50 bits per heavy atom. The minimum absolute atomic E-state index is 0.168. The lowest BCUT2D eigenvalue weighted by Crippen LogP contribution is -2.08. The number of pyridine rings is 1. The Kier molecular flexibility index (Phi) is 3.00. The second-order valence-electron chi connectivity index (χ2n) is 4.59. The molecule has 1 atom stereocenters. The van der Waals surface area contributed by atoms with Crippen molar-refractivity contribution in [2.45, 2.75) is 6.10 Å². The molecule has 0 fully saturated rings. The van der Waals surface area contributed by atoms with Crippen LogP contribution in [0.15, 0.2) is 60.8 Å². The number of nitrogens with zero attached hydrogens (tertiary/aromatic N) is 1. The number of hydrogen-bond donors (Lipinski definition) is 2. The Hall–Kier alpha value is -2.59. The van der Waals surface area contributed by atoms with E-state index >= 15 is 0 Å². The zero-order valence-corrected chi connectivity index (χ0v) is 10.6. The molecule has 3 aromatic rings. The van der Waals surface area contributed by atoms with E-state index < -0.39 is 12.1 Å². The molecule has 0 spiro atoms. The van der Waals surface area contributed by atoms with Crippen molar-refractivity contribution < 1.29 is 15.0 Å². The van der Waals surface area contributed by atoms with Gasteiger partial charge in [0.2, 0.25) is 0 Å². The maximum Gasteiger partial charge on any atom is 0.335 e. The van der Waals surface area contributed by atoms with Gasteiger partial charge < -0.3 is 14.6 Å². The van der Waals surface area contributed by atoms with E-state index in [0.717, 1.165) is 11.1 Å². The van der Waals surface area contributed by atoms with Crippen LogP contribution in [0.3, 0.4) is 0 Å². The van der Waals surface area contributed by atoms with E-state index in [4.69, 9.17) is 5.11 Å². The Bertz CT molecular complexity index is 762. The predicted molar refractivity (Wildman–Crippen MR) is 74.9 cm³/mol. The number of aromatic nitrogens is 1. The molecular weight excluding hydrogens is 254 g/mol. The molecule has 1 aromatic carbocycles. The van der Waals surface area contributed by atoms with Crippen molar-refractivity contribution in [3.05, 3.63) is 77.6 Å². The zero-order chi connectivity index (χ0) is 14.1. The van der Waals surface area contributed by atoms with Crippen LogP contribution in [-0.4, -0.2) is 20.6 Å². The number of benzene rings is 1. The largest absolute Gasteiger partial charge is 0.478 e. The first-order valence-corrected chi connectivity index (χ1v) is 6.24. The number of aromatic carboxylic acids is 1. The molecule has 1 unspecified atom stereocenters. The second-order valence-corrected chi connectivity index (χ2v) is 4.59. The highest BCUT2D eigenvalue weighted by molar-refractivity contribution is 5.89. The molecule has 0 saturated heterocycles. The molecule has 0 aliphatic rings. The fraction of sp³-hybridized carbons (Fsp3) is 0.0625. The fourth-order valence-electron chi connectivity index (χ4n) is 2.32. The minimum atomic E-state index is -1.00. The lowest BCUT2D eigenvalue weighted by atomic mass is 10.0. The number of aliphatic hydroxyl groups is 1. The highest BCUT2D eigenvalue weighted by Crippen LogP contribution is 2.24. The van der Waals surface area contributed by atoms with Crippen LogP contribution in [0.25, 0.3) is 5.52 Å². The summed E-state index contributed by atoms with van der Waals surface area (Å²) in [5.74, 6) is -1.00. The van der Waals surface area contributed by atoms with Crippen LogP contribution in [0.5, 0.6) is 0 Å². The quantitative estimate of drug-likeness (QED) is 0.767. The van der Waals surface area contributed by atoms with Crippen molar-refractivity contribution in [1.82, 2.24) is 4.40 Å². The SMILES string of the molecule is O=C(O)c1cc(C(O)c2ccccc2)n2cccc2c1. The summed E-state index contributed by atoms with van der Waals surface area (Å²) in [7, 11) is 0. The number of fused-ring (bicyclic) bond motifs is 1. The van der Waals surface area contributed by atoms with E-state index in [1.54, 1.807) is 10.5 Å². The van der Waals surface area contributed by atoms with Gasteiger partial charge in [0.05, 0.1) is 11.3 Å². The molecule has 0 aliphatic heterocycles. The maximum atomic E-state index is 11.2. The number of carbonyl (C=O) groups is 1. The van der Waals surface area contributed by atoms with E-state index in [1.807, 2.05) is 48.7 Å². The van der Waals surface area contributed by atoms with Crippen LogP contribution in [-0.2, 0) is 0 Å². The van der Waals surface area contributed by atoms with Crippen LogP contribution < -0.4 is 0 Å². The summed E-state index contributed by atoms with van der Waals surface area (Å²) in [5, 5.41) is 19.7. The third-order valence-electron chi connectivity index (χ3n) is 3.31. The monoisotopic (exact) mass is 267 g/mol. The third kappa shape index (κ3) is 2.06. The molecule has 0 saturated carbocycles. The summed E-state index contributed by atoms with van der Waals surface area (Å²) in [4.78, 5) is 11.2. The van der Waals surface area contributed by atoms with Crippen molar-refractivity contribution in [2.75, 3.05) is 0 Å². The lowest BCUT2D eigenvalue weighted by Gasteiger charge is -2.15. The summed E-state index contributed by atoms with van der Waals surface area (Å²) in [6.45, 7) is 0. The van der Waals surface area contributed by atoms with E-state index in [2.05, 4.69) is 0 Å².